The van der Waals surface area contributed by atoms with Crippen LogP contribution < -0.4 is 0 Å². The molecule has 164 valence electrons. The zero-order valence-corrected chi connectivity index (χ0v) is 14.4. The van der Waals surface area contributed by atoms with E-state index in [2.05, 4.69) is 4.74 Å². The Balaban J connectivity index is 2.64. The molecule has 0 spiro atoms. The molecule has 1 saturated heterocycles. The van der Waals surface area contributed by atoms with Crippen molar-refractivity contribution in [2.45, 2.75) is 35.8 Å². The summed E-state index contributed by atoms with van der Waals surface area (Å²) in [5.74, 6) is -22.7. The second kappa shape index (κ2) is 7.11. The summed E-state index contributed by atoms with van der Waals surface area (Å²) in [7, 11) is 0.535. The average Bonchev–Trinajstić information content (AvgIpc) is 3.02. The number of nitrogens with zero attached hydrogens (tertiary/aromatic N) is 1. The molecule has 0 N–H and O–H groups in total. The van der Waals surface area contributed by atoms with Crippen LogP contribution in [0.25, 0.3) is 0 Å². The van der Waals surface area contributed by atoms with Crippen molar-refractivity contribution in [2.24, 2.45) is 0 Å². The number of ketones is 1. The van der Waals surface area contributed by atoms with Gasteiger partial charge in [0.15, 0.2) is 0 Å². The van der Waals surface area contributed by atoms with E-state index >= 15 is 0 Å². The Morgan fingerprint density at radius 2 is 1.52 bits per heavy atom. The monoisotopic (exact) mass is 441 g/mol. The van der Waals surface area contributed by atoms with Gasteiger partial charge in [-0.2, -0.15) is 39.5 Å². The molecule has 1 aromatic carbocycles. The van der Waals surface area contributed by atoms with E-state index in [4.69, 9.17) is 0 Å². The molecule has 0 amide bonds. The Bertz CT molecular complexity index is 752. The standard InChI is InChI=1S/C16H13F10NO2/c1-27-7-8-29-12(27,11(17)10(28)9-5-3-2-4-6-9)13(18,19)14(20,21)15(22,23)16(24,25)26/h2-6,11H,7-8H2,1H3. The third-order valence-corrected chi connectivity index (χ3v) is 4.54. The van der Waals surface area contributed by atoms with E-state index in [0.29, 0.717) is 7.05 Å². The molecule has 29 heavy (non-hydrogen) atoms. The van der Waals surface area contributed by atoms with Crippen molar-refractivity contribution >= 4 is 5.78 Å². The lowest BCUT2D eigenvalue weighted by molar-refractivity contribution is -0.428. The van der Waals surface area contributed by atoms with Crippen molar-refractivity contribution in [3.8, 4) is 0 Å². The topological polar surface area (TPSA) is 29.5 Å². The third-order valence-electron chi connectivity index (χ3n) is 4.54. The maximum absolute atomic E-state index is 14.9. The summed E-state index contributed by atoms with van der Waals surface area (Å²) in [5, 5.41) is 0. The minimum atomic E-state index is -7.25. The molecular weight excluding hydrogens is 428 g/mol. The van der Waals surface area contributed by atoms with E-state index in [9.17, 15) is 48.7 Å². The molecule has 3 nitrogen and oxygen atoms in total. The minimum Gasteiger partial charge on any atom is -0.350 e. The Morgan fingerprint density at radius 1 is 1.00 bits per heavy atom. The number of carbonyl (C=O) groups excluding carboxylic acids is 1. The number of halogens is 10. The number of Topliss-reactive ketones (excluding diaryl/α,β-unsaturated/α-hetero) is 1. The highest BCUT2D eigenvalue weighted by Gasteiger charge is 2.88. The molecule has 0 radical (unpaired) electrons. The second-order valence-electron chi connectivity index (χ2n) is 6.28. The van der Waals surface area contributed by atoms with Crippen molar-refractivity contribution in [3.05, 3.63) is 35.9 Å². The molecule has 1 aromatic rings. The molecular formula is C16H13F10NO2. The first-order chi connectivity index (χ1) is 13.1. The number of carbonyl (C=O) groups is 1. The zero-order chi connectivity index (χ0) is 22.5. The van der Waals surface area contributed by atoms with E-state index in [-0.39, 0.29) is 4.90 Å². The van der Waals surface area contributed by atoms with Gasteiger partial charge in [-0.25, -0.2) is 4.39 Å². The molecule has 1 heterocycles. The van der Waals surface area contributed by atoms with Crippen LogP contribution in [-0.4, -0.2) is 66.7 Å². The summed E-state index contributed by atoms with van der Waals surface area (Å²) < 4.78 is 140. The fraction of sp³-hybridized carbons (Fsp3) is 0.562. The van der Waals surface area contributed by atoms with Crippen molar-refractivity contribution in [2.75, 3.05) is 20.2 Å². The van der Waals surface area contributed by atoms with Crippen LogP contribution in [0.3, 0.4) is 0 Å². The first-order valence-electron chi connectivity index (χ1n) is 7.84. The van der Waals surface area contributed by atoms with Gasteiger partial charge in [0.25, 0.3) is 0 Å². The zero-order valence-electron chi connectivity index (χ0n) is 14.4. The number of benzene rings is 1. The second-order valence-corrected chi connectivity index (χ2v) is 6.28. The van der Waals surface area contributed by atoms with Crippen molar-refractivity contribution in [1.29, 1.82) is 0 Å². The van der Waals surface area contributed by atoms with Crippen LogP contribution >= 0.6 is 0 Å². The number of hydrogen-bond donors (Lipinski definition) is 0. The number of likely N-dealkylation sites (N-methyl/N-ethyl adjacent to an activating group) is 1. The fourth-order valence-corrected chi connectivity index (χ4v) is 2.90. The van der Waals surface area contributed by atoms with Gasteiger partial charge in [0, 0.05) is 12.1 Å². The molecule has 1 fully saturated rings. The highest BCUT2D eigenvalue weighted by molar-refractivity contribution is 6.00. The summed E-state index contributed by atoms with van der Waals surface area (Å²) in [6, 6.07) is 5.49. The Hall–Kier alpha value is -1.89. The molecule has 13 heteroatoms. The minimum absolute atomic E-state index is 0.0150. The van der Waals surface area contributed by atoms with Gasteiger partial charge in [-0.05, 0) is 7.05 Å². The van der Waals surface area contributed by atoms with Gasteiger partial charge in [0.2, 0.25) is 17.7 Å². The Labute approximate surface area is 157 Å². The van der Waals surface area contributed by atoms with Crippen molar-refractivity contribution in [3.63, 3.8) is 0 Å². The number of rotatable bonds is 6. The number of hydrogen-bond acceptors (Lipinski definition) is 3. The van der Waals surface area contributed by atoms with Gasteiger partial charge in [0.05, 0.1) is 6.61 Å². The maximum atomic E-state index is 14.9. The van der Waals surface area contributed by atoms with Crippen LogP contribution in [0.5, 0.6) is 0 Å². The Kier molecular flexibility index (Phi) is 5.74. The summed E-state index contributed by atoms with van der Waals surface area (Å²) in [5.41, 5.74) is -5.01. The lowest BCUT2D eigenvalue weighted by Crippen LogP contribution is -2.75. The normalized spacial score (nSPS) is 23.3. The van der Waals surface area contributed by atoms with Crippen LogP contribution in [0.2, 0.25) is 0 Å². The molecule has 0 aromatic heterocycles. The maximum Gasteiger partial charge on any atom is 0.460 e. The smallest absolute Gasteiger partial charge is 0.350 e. The predicted molar refractivity (Wildman–Crippen MR) is 77.9 cm³/mol. The first-order valence-corrected chi connectivity index (χ1v) is 7.84. The predicted octanol–water partition coefficient (Wildman–Crippen LogP) is 4.33. The van der Waals surface area contributed by atoms with E-state index in [1.807, 2.05) is 0 Å². The molecule has 1 aliphatic heterocycles. The van der Waals surface area contributed by atoms with Crippen LogP contribution in [0.1, 0.15) is 10.4 Å². The molecule has 2 atom stereocenters. The summed E-state index contributed by atoms with van der Waals surface area (Å²) in [4.78, 5) is 12.2. The van der Waals surface area contributed by atoms with Crippen molar-refractivity contribution < 1.29 is 53.4 Å². The molecule has 0 aliphatic carbocycles. The van der Waals surface area contributed by atoms with Gasteiger partial charge in [-0.3, -0.25) is 9.69 Å². The van der Waals surface area contributed by atoms with E-state index < -0.39 is 60.3 Å². The van der Waals surface area contributed by atoms with Crippen LogP contribution in [-0.2, 0) is 4.74 Å². The largest absolute Gasteiger partial charge is 0.460 e. The quantitative estimate of drug-likeness (QED) is 0.486. The van der Waals surface area contributed by atoms with E-state index in [1.165, 1.54) is 6.07 Å². The van der Waals surface area contributed by atoms with Crippen LogP contribution in [0.15, 0.2) is 30.3 Å². The van der Waals surface area contributed by atoms with Gasteiger partial charge >= 0.3 is 23.9 Å². The van der Waals surface area contributed by atoms with Gasteiger partial charge in [-0.1, -0.05) is 30.3 Å². The van der Waals surface area contributed by atoms with Crippen LogP contribution in [0, 0.1) is 0 Å². The highest BCUT2D eigenvalue weighted by atomic mass is 19.4. The van der Waals surface area contributed by atoms with Crippen LogP contribution in [0.4, 0.5) is 43.9 Å². The molecule has 2 rings (SSSR count). The fourth-order valence-electron chi connectivity index (χ4n) is 2.90. The van der Waals surface area contributed by atoms with E-state index in [0.717, 1.165) is 24.3 Å². The Morgan fingerprint density at radius 3 is 1.93 bits per heavy atom. The lowest BCUT2D eigenvalue weighted by atomic mass is 9.86. The molecule has 0 bridgehead atoms. The SMILES string of the molecule is CN1CCOC1(C(F)C(=O)c1ccccc1)C(F)(F)C(F)(F)C(F)(F)C(F)(F)F. The van der Waals surface area contributed by atoms with Gasteiger partial charge < -0.3 is 4.74 Å². The lowest BCUT2D eigenvalue weighted by Gasteiger charge is -2.46. The number of ether oxygens (including phenoxy) is 1. The molecule has 1 aliphatic rings. The highest BCUT2D eigenvalue weighted by Crippen LogP contribution is 2.59. The van der Waals surface area contributed by atoms with Gasteiger partial charge in [0.1, 0.15) is 0 Å². The molecule has 2 unspecified atom stereocenters. The number of alkyl halides is 10. The third kappa shape index (κ3) is 3.18. The average molecular weight is 441 g/mol. The summed E-state index contributed by atoms with van der Waals surface area (Å²) in [6.07, 6.45) is -10.8. The van der Waals surface area contributed by atoms with Gasteiger partial charge in [-0.15, -0.1) is 0 Å². The summed E-state index contributed by atoms with van der Waals surface area (Å²) >= 11 is 0. The van der Waals surface area contributed by atoms with Crippen molar-refractivity contribution in [1.82, 2.24) is 4.90 Å². The van der Waals surface area contributed by atoms with E-state index in [1.54, 1.807) is 0 Å². The summed E-state index contributed by atoms with van der Waals surface area (Å²) in [6.45, 7) is -1.67. The molecule has 0 saturated carbocycles. The first kappa shape index (κ1) is 23.4.